The maximum Gasteiger partial charge on any atom is 0.317 e. The molecule has 1 aliphatic carbocycles. The zero-order valence-electron chi connectivity index (χ0n) is 16.9. The minimum absolute atomic E-state index is 0.0126. The Balaban J connectivity index is 1.95. The fourth-order valence-electron chi connectivity index (χ4n) is 3.96. The minimum atomic E-state index is -0.0126. The molecule has 0 bridgehead atoms. The number of amides is 3. The van der Waals surface area contributed by atoms with Crippen LogP contribution in [0, 0.1) is 5.41 Å². The third-order valence-electron chi connectivity index (χ3n) is 5.56. The second-order valence-electron chi connectivity index (χ2n) is 8.16. The number of hydrogen-bond acceptors (Lipinski definition) is 2. The van der Waals surface area contributed by atoms with Crippen molar-refractivity contribution in [2.75, 3.05) is 32.7 Å². The third kappa shape index (κ3) is 5.36. The molecule has 1 heterocycles. The molecule has 26 heavy (non-hydrogen) atoms. The van der Waals surface area contributed by atoms with Gasteiger partial charge in [-0.15, -0.1) is 0 Å². The van der Waals surface area contributed by atoms with Crippen molar-refractivity contribution in [3.8, 4) is 0 Å². The van der Waals surface area contributed by atoms with Gasteiger partial charge < -0.3 is 15.1 Å². The summed E-state index contributed by atoms with van der Waals surface area (Å²) in [6.07, 6.45) is 9.05. The molecule has 0 spiro atoms. The predicted molar refractivity (Wildman–Crippen MR) is 106 cm³/mol. The van der Waals surface area contributed by atoms with Gasteiger partial charge in [-0.2, -0.15) is 0 Å². The molecule has 1 fully saturated rings. The molecule has 1 aliphatic heterocycles. The van der Waals surface area contributed by atoms with E-state index in [1.54, 1.807) is 6.08 Å². The normalized spacial score (nSPS) is 21.1. The number of nitrogens with one attached hydrogen (secondary N) is 1. The van der Waals surface area contributed by atoms with Crippen LogP contribution in [0.25, 0.3) is 0 Å². The SMILES string of the molecule is CCCNC(=O)N1CCCN(C(=O)/C=C/C2=C(C)CCCC2(C)C)CC1. The van der Waals surface area contributed by atoms with E-state index < -0.39 is 0 Å². The average molecular weight is 362 g/mol. The zero-order chi connectivity index (χ0) is 19.2. The molecule has 3 amide bonds. The summed E-state index contributed by atoms with van der Waals surface area (Å²) in [5, 5.41) is 2.92. The lowest BCUT2D eigenvalue weighted by molar-refractivity contribution is -0.125. The summed E-state index contributed by atoms with van der Waals surface area (Å²) in [6.45, 7) is 12.1. The monoisotopic (exact) mass is 361 g/mol. The number of hydrogen-bond donors (Lipinski definition) is 1. The van der Waals surface area contributed by atoms with Crippen LogP contribution in [-0.4, -0.2) is 54.5 Å². The third-order valence-corrected chi connectivity index (χ3v) is 5.56. The van der Waals surface area contributed by atoms with Crippen LogP contribution >= 0.6 is 0 Å². The van der Waals surface area contributed by atoms with E-state index in [1.807, 2.05) is 22.8 Å². The predicted octanol–water partition coefficient (Wildman–Crippen LogP) is 3.72. The number of allylic oxidation sites excluding steroid dienone is 3. The van der Waals surface area contributed by atoms with Crippen molar-refractivity contribution in [3.63, 3.8) is 0 Å². The Morgan fingerprint density at radius 2 is 1.81 bits per heavy atom. The minimum Gasteiger partial charge on any atom is -0.338 e. The molecule has 146 valence electrons. The van der Waals surface area contributed by atoms with Crippen LogP contribution in [0.4, 0.5) is 4.79 Å². The van der Waals surface area contributed by atoms with Gasteiger partial charge in [-0.25, -0.2) is 4.79 Å². The van der Waals surface area contributed by atoms with E-state index in [0.717, 1.165) is 19.3 Å². The van der Waals surface area contributed by atoms with E-state index in [2.05, 4.69) is 26.1 Å². The van der Waals surface area contributed by atoms with Crippen LogP contribution < -0.4 is 5.32 Å². The molecular formula is C21H35N3O2. The van der Waals surface area contributed by atoms with Crippen LogP contribution in [-0.2, 0) is 4.79 Å². The van der Waals surface area contributed by atoms with Crippen LogP contribution in [0.5, 0.6) is 0 Å². The van der Waals surface area contributed by atoms with Crippen molar-refractivity contribution in [1.29, 1.82) is 0 Å². The van der Waals surface area contributed by atoms with Crippen LogP contribution in [0.3, 0.4) is 0 Å². The molecular weight excluding hydrogens is 326 g/mol. The molecule has 0 unspecified atom stereocenters. The standard InChI is InChI=1S/C21H35N3O2/c1-5-12-22-20(26)24-14-7-13-23(15-16-24)19(25)10-9-18-17(2)8-6-11-21(18,3)4/h9-10H,5-8,11-16H2,1-4H3,(H,22,26)/b10-9+. The number of carbonyl (C=O) groups excluding carboxylic acids is 2. The molecule has 0 saturated carbocycles. The highest BCUT2D eigenvalue weighted by Crippen LogP contribution is 2.40. The largest absolute Gasteiger partial charge is 0.338 e. The second kappa shape index (κ2) is 9.24. The number of carbonyl (C=O) groups is 2. The lowest BCUT2D eigenvalue weighted by Crippen LogP contribution is -2.42. The first-order chi connectivity index (χ1) is 12.3. The molecule has 5 heteroatoms. The Hall–Kier alpha value is -1.78. The van der Waals surface area contributed by atoms with Crippen molar-refractivity contribution in [3.05, 3.63) is 23.3 Å². The molecule has 2 rings (SSSR count). The smallest absolute Gasteiger partial charge is 0.317 e. The first kappa shape index (κ1) is 20.5. The molecule has 1 N–H and O–H groups in total. The van der Waals surface area contributed by atoms with Crippen molar-refractivity contribution >= 4 is 11.9 Å². The van der Waals surface area contributed by atoms with Gasteiger partial charge in [0, 0.05) is 38.8 Å². The molecule has 0 aromatic heterocycles. The molecule has 0 aromatic rings. The van der Waals surface area contributed by atoms with E-state index in [1.165, 1.54) is 24.0 Å². The molecule has 0 aromatic carbocycles. The topological polar surface area (TPSA) is 52.7 Å². The van der Waals surface area contributed by atoms with Crippen molar-refractivity contribution < 1.29 is 9.59 Å². The lowest BCUT2D eigenvalue weighted by atomic mass is 9.72. The number of urea groups is 1. The summed E-state index contributed by atoms with van der Waals surface area (Å²) in [6, 6.07) is -0.0126. The Kier molecular flexibility index (Phi) is 7.30. The molecule has 2 aliphatic rings. The fraction of sp³-hybridized carbons (Fsp3) is 0.714. The summed E-state index contributed by atoms with van der Waals surface area (Å²) < 4.78 is 0. The molecule has 0 atom stereocenters. The van der Waals surface area contributed by atoms with Crippen molar-refractivity contribution in [1.82, 2.24) is 15.1 Å². The van der Waals surface area contributed by atoms with E-state index in [0.29, 0.717) is 32.7 Å². The number of rotatable bonds is 4. The number of nitrogens with zero attached hydrogens (tertiary/aromatic N) is 2. The summed E-state index contributed by atoms with van der Waals surface area (Å²) in [5.41, 5.74) is 2.86. The summed E-state index contributed by atoms with van der Waals surface area (Å²) >= 11 is 0. The van der Waals surface area contributed by atoms with Crippen LogP contribution in [0.15, 0.2) is 23.3 Å². The van der Waals surface area contributed by atoms with Gasteiger partial charge in [-0.05, 0) is 50.0 Å². The van der Waals surface area contributed by atoms with Gasteiger partial charge in [0.1, 0.15) is 0 Å². The quantitative estimate of drug-likeness (QED) is 0.776. The highest BCUT2D eigenvalue weighted by Gasteiger charge is 2.27. The maximum atomic E-state index is 12.7. The second-order valence-corrected chi connectivity index (χ2v) is 8.16. The summed E-state index contributed by atoms with van der Waals surface area (Å²) in [5.74, 6) is 0.0579. The average Bonchev–Trinajstić information content (AvgIpc) is 2.84. The first-order valence-electron chi connectivity index (χ1n) is 10.0. The highest BCUT2D eigenvalue weighted by atomic mass is 16.2. The van der Waals surface area contributed by atoms with Gasteiger partial charge in [-0.1, -0.05) is 32.4 Å². The van der Waals surface area contributed by atoms with Gasteiger partial charge in [0.15, 0.2) is 0 Å². The molecule has 1 saturated heterocycles. The van der Waals surface area contributed by atoms with Gasteiger partial charge in [-0.3, -0.25) is 4.79 Å². The Labute approximate surface area is 158 Å². The van der Waals surface area contributed by atoms with Crippen molar-refractivity contribution in [2.45, 2.75) is 59.8 Å². The van der Waals surface area contributed by atoms with E-state index in [4.69, 9.17) is 0 Å². The Morgan fingerprint density at radius 1 is 1.12 bits per heavy atom. The first-order valence-corrected chi connectivity index (χ1v) is 10.0. The van der Waals surface area contributed by atoms with Gasteiger partial charge in [0.25, 0.3) is 0 Å². The summed E-state index contributed by atoms with van der Waals surface area (Å²) in [4.78, 5) is 28.5. The zero-order valence-corrected chi connectivity index (χ0v) is 16.9. The van der Waals surface area contributed by atoms with Gasteiger partial charge in [0.2, 0.25) is 5.91 Å². The maximum absolute atomic E-state index is 12.7. The highest BCUT2D eigenvalue weighted by molar-refractivity contribution is 5.88. The fourth-order valence-corrected chi connectivity index (χ4v) is 3.96. The van der Waals surface area contributed by atoms with Crippen LogP contribution in [0.2, 0.25) is 0 Å². The van der Waals surface area contributed by atoms with Crippen LogP contribution in [0.1, 0.15) is 59.8 Å². The van der Waals surface area contributed by atoms with E-state index >= 15 is 0 Å². The van der Waals surface area contributed by atoms with E-state index in [-0.39, 0.29) is 17.4 Å². The Bertz CT molecular complexity index is 578. The van der Waals surface area contributed by atoms with Gasteiger partial charge in [0.05, 0.1) is 0 Å². The molecule has 5 nitrogen and oxygen atoms in total. The lowest BCUT2D eigenvalue weighted by Gasteiger charge is -2.33. The molecule has 0 radical (unpaired) electrons. The van der Waals surface area contributed by atoms with Crippen molar-refractivity contribution in [2.24, 2.45) is 5.41 Å². The Morgan fingerprint density at radius 3 is 2.50 bits per heavy atom. The van der Waals surface area contributed by atoms with E-state index in [9.17, 15) is 9.59 Å². The summed E-state index contributed by atoms with van der Waals surface area (Å²) in [7, 11) is 0. The van der Waals surface area contributed by atoms with Gasteiger partial charge >= 0.3 is 6.03 Å².